The summed E-state index contributed by atoms with van der Waals surface area (Å²) >= 11 is 4.87. The predicted octanol–water partition coefficient (Wildman–Crippen LogP) is 5.50. The van der Waals surface area contributed by atoms with Crippen LogP contribution in [0.15, 0.2) is 88.4 Å². The third-order valence-electron chi connectivity index (χ3n) is 3.98. The van der Waals surface area contributed by atoms with Gasteiger partial charge in [-0.25, -0.2) is 4.98 Å². The van der Waals surface area contributed by atoms with Crippen LogP contribution in [-0.4, -0.2) is 23.7 Å². The number of carbonyl (C=O) groups excluding carboxylic acids is 1. The van der Waals surface area contributed by atoms with Gasteiger partial charge in [-0.05, 0) is 35.9 Å². The van der Waals surface area contributed by atoms with Crippen molar-refractivity contribution in [2.45, 2.75) is 0 Å². The third kappa shape index (κ3) is 4.88. The fraction of sp³-hybridized carbons (Fsp3) is 0.0455. The second-order valence-corrected chi connectivity index (χ2v) is 8.00. The Labute approximate surface area is 180 Å². The van der Waals surface area contributed by atoms with E-state index in [2.05, 4.69) is 26.0 Å². The zero-order valence-electron chi connectivity index (χ0n) is 15.2. The summed E-state index contributed by atoms with van der Waals surface area (Å²) < 4.78 is 7.54. The molecule has 0 radical (unpaired) electrons. The summed E-state index contributed by atoms with van der Waals surface area (Å²) in [6.45, 7) is -0.143. The van der Waals surface area contributed by atoms with Crippen molar-refractivity contribution in [1.82, 2.24) is 4.98 Å². The Bertz CT molecular complexity index is 1150. The highest BCUT2D eigenvalue weighted by Crippen LogP contribution is 2.31. The summed E-state index contributed by atoms with van der Waals surface area (Å²) in [5, 5.41) is 6.20. The molecular formula is C22H16BrN3O2S. The molecule has 1 aromatic heterocycles. The number of aromatic nitrogens is 1. The maximum Gasteiger partial charge on any atom is 0.287 e. The summed E-state index contributed by atoms with van der Waals surface area (Å²) in [6.07, 6.45) is 1.64. The van der Waals surface area contributed by atoms with Crippen molar-refractivity contribution in [1.29, 1.82) is 0 Å². The number of fused-ring (bicyclic) bond motifs is 1. The van der Waals surface area contributed by atoms with Crippen molar-refractivity contribution < 1.29 is 9.53 Å². The Morgan fingerprint density at radius 2 is 1.79 bits per heavy atom. The highest BCUT2D eigenvalue weighted by Gasteiger charge is 2.20. The first-order valence-corrected chi connectivity index (χ1v) is 10.5. The van der Waals surface area contributed by atoms with Crippen molar-refractivity contribution in [3.05, 3.63) is 88.9 Å². The van der Waals surface area contributed by atoms with Crippen LogP contribution in [0.5, 0.6) is 5.75 Å². The lowest BCUT2D eigenvalue weighted by Crippen LogP contribution is -2.30. The van der Waals surface area contributed by atoms with Crippen LogP contribution in [0.1, 0.15) is 5.56 Å². The maximum absolute atomic E-state index is 12.9. The molecule has 0 aliphatic rings. The fourth-order valence-electron chi connectivity index (χ4n) is 2.58. The first-order valence-electron chi connectivity index (χ1n) is 8.85. The Morgan fingerprint density at radius 3 is 2.55 bits per heavy atom. The first-order chi connectivity index (χ1) is 14.2. The maximum atomic E-state index is 12.9. The SMILES string of the molecule is O=C(COc1ccccc1)N(/N=C/c1ccccc1)c1nc2ccc(Br)cc2s1. The zero-order chi connectivity index (χ0) is 20.1. The number of carbonyl (C=O) groups is 1. The lowest BCUT2D eigenvalue weighted by molar-refractivity contribution is -0.120. The van der Waals surface area contributed by atoms with E-state index in [-0.39, 0.29) is 12.5 Å². The standard InChI is InChI=1S/C22H16BrN3O2S/c23-17-11-12-19-20(13-17)29-22(25-19)26(24-14-16-7-3-1-4-8-16)21(27)15-28-18-9-5-2-6-10-18/h1-14H,15H2/b24-14+. The van der Waals surface area contributed by atoms with Gasteiger partial charge in [-0.3, -0.25) is 4.79 Å². The lowest BCUT2D eigenvalue weighted by Gasteiger charge is -2.14. The van der Waals surface area contributed by atoms with Gasteiger partial charge in [0.25, 0.3) is 5.91 Å². The molecule has 0 unspecified atom stereocenters. The lowest BCUT2D eigenvalue weighted by atomic mass is 10.2. The van der Waals surface area contributed by atoms with E-state index in [1.807, 2.05) is 66.7 Å². The van der Waals surface area contributed by atoms with Gasteiger partial charge >= 0.3 is 0 Å². The van der Waals surface area contributed by atoms with Crippen LogP contribution < -0.4 is 9.75 Å². The molecule has 29 heavy (non-hydrogen) atoms. The Morgan fingerprint density at radius 1 is 1.07 bits per heavy atom. The van der Waals surface area contributed by atoms with E-state index in [0.29, 0.717) is 10.9 Å². The van der Waals surface area contributed by atoms with E-state index in [1.54, 1.807) is 18.3 Å². The molecule has 0 aliphatic heterocycles. The highest BCUT2D eigenvalue weighted by atomic mass is 79.9. The summed E-state index contributed by atoms with van der Waals surface area (Å²) in [6, 6.07) is 24.6. The Hall–Kier alpha value is -3.03. The zero-order valence-corrected chi connectivity index (χ0v) is 17.6. The van der Waals surface area contributed by atoms with Crippen molar-refractivity contribution >= 4 is 54.7 Å². The van der Waals surface area contributed by atoms with Gasteiger partial charge in [0, 0.05) is 4.47 Å². The summed E-state index contributed by atoms with van der Waals surface area (Å²) in [5.41, 5.74) is 1.70. The average Bonchev–Trinajstić information content (AvgIpc) is 3.16. The van der Waals surface area contributed by atoms with E-state index < -0.39 is 0 Å². The van der Waals surface area contributed by atoms with E-state index >= 15 is 0 Å². The van der Waals surface area contributed by atoms with Crippen LogP contribution >= 0.6 is 27.3 Å². The fourth-order valence-corrected chi connectivity index (χ4v) is 4.08. The number of para-hydroxylation sites is 1. The van der Waals surface area contributed by atoms with Crippen LogP contribution in [0.2, 0.25) is 0 Å². The normalized spacial score (nSPS) is 11.1. The highest BCUT2D eigenvalue weighted by molar-refractivity contribution is 9.10. The summed E-state index contributed by atoms with van der Waals surface area (Å²) in [5.74, 6) is 0.320. The van der Waals surface area contributed by atoms with Gasteiger partial charge in [-0.15, -0.1) is 0 Å². The molecule has 4 aromatic rings. The van der Waals surface area contributed by atoms with Crippen molar-refractivity contribution in [3.8, 4) is 5.75 Å². The van der Waals surface area contributed by atoms with Crippen LogP contribution in [0.25, 0.3) is 10.2 Å². The van der Waals surface area contributed by atoms with E-state index in [1.165, 1.54) is 16.3 Å². The van der Waals surface area contributed by atoms with Crippen molar-refractivity contribution in [3.63, 3.8) is 0 Å². The molecule has 0 saturated carbocycles. The molecule has 1 heterocycles. The minimum absolute atomic E-state index is 0.143. The number of ether oxygens (including phenoxy) is 1. The number of hydrogen-bond acceptors (Lipinski definition) is 5. The van der Waals surface area contributed by atoms with Crippen molar-refractivity contribution in [2.75, 3.05) is 11.6 Å². The van der Waals surface area contributed by atoms with Crippen LogP contribution in [-0.2, 0) is 4.79 Å². The second-order valence-electron chi connectivity index (χ2n) is 6.07. The quantitative estimate of drug-likeness (QED) is 0.278. The molecule has 3 aromatic carbocycles. The number of thiazole rings is 1. The first kappa shape index (κ1) is 19.3. The number of amides is 1. The van der Waals surface area contributed by atoms with Gasteiger partial charge in [0.2, 0.25) is 5.13 Å². The van der Waals surface area contributed by atoms with E-state index in [0.717, 1.165) is 20.3 Å². The number of nitrogens with zero attached hydrogens (tertiary/aromatic N) is 3. The molecular weight excluding hydrogens is 450 g/mol. The number of halogens is 1. The minimum atomic E-state index is -0.306. The van der Waals surface area contributed by atoms with E-state index in [4.69, 9.17) is 4.74 Å². The molecule has 5 nitrogen and oxygen atoms in total. The Kier molecular flexibility index (Phi) is 5.97. The van der Waals surface area contributed by atoms with Crippen LogP contribution in [0.3, 0.4) is 0 Å². The second kappa shape index (κ2) is 8.98. The number of anilines is 1. The summed E-state index contributed by atoms with van der Waals surface area (Å²) in [7, 11) is 0. The van der Waals surface area contributed by atoms with Gasteiger partial charge in [0.1, 0.15) is 5.75 Å². The molecule has 4 rings (SSSR count). The third-order valence-corrected chi connectivity index (χ3v) is 5.47. The molecule has 0 N–H and O–H groups in total. The number of hydrogen-bond donors (Lipinski definition) is 0. The molecule has 7 heteroatoms. The van der Waals surface area contributed by atoms with Crippen LogP contribution in [0.4, 0.5) is 5.13 Å². The number of hydrazone groups is 1. The topological polar surface area (TPSA) is 54.8 Å². The molecule has 1 amide bonds. The molecule has 0 fully saturated rings. The largest absolute Gasteiger partial charge is 0.484 e. The van der Waals surface area contributed by atoms with E-state index in [9.17, 15) is 4.79 Å². The van der Waals surface area contributed by atoms with Gasteiger partial charge in [0.15, 0.2) is 6.61 Å². The summed E-state index contributed by atoms with van der Waals surface area (Å²) in [4.78, 5) is 17.5. The molecule has 0 spiro atoms. The molecule has 144 valence electrons. The predicted molar refractivity (Wildman–Crippen MR) is 121 cm³/mol. The minimum Gasteiger partial charge on any atom is -0.484 e. The molecule has 0 atom stereocenters. The van der Waals surface area contributed by atoms with Gasteiger partial charge in [-0.1, -0.05) is 75.8 Å². The number of benzene rings is 3. The molecule has 0 aliphatic carbocycles. The average molecular weight is 466 g/mol. The van der Waals surface area contributed by atoms with Gasteiger partial charge in [0.05, 0.1) is 16.4 Å². The number of rotatable bonds is 6. The van der Waals surface area contributed by atoms with Gasteiger partial charge < -0.3 is 4.74 Å². The van der Waals surface area contributed by atoms with Crippen molar-refractivity contribution in [2.24, 2.45) is 5.10 Å². The molecule has 0 bridgehead atoms. The Balaban J connectivity index is 1.62. The monoisotopic (exact) mass is 465 g/mol. The smallest absolute Gasteiger partial charge is 0.287 e. The molecule has 0 saturated heterocycles. The van der Waals surface area contributed by atoms with Crippen LogP contribution in [0, 0.1) is 0 Å². The van der Waals surface area contributed by atoms with Gasteiger partial charge in [-0.2, -0.15) is 10.1 Å².